The van der Waals surface area contributed by atoms with Crippen LogP contribution in [0.5, 0.6) is 0 Å². The van der Waals surface area contributed by atoms with Crippen molar-refractivity contribution < 1.29 is 0 Å². The molecule has 0 radical (unpaired) electrons. The van der Waals surface area contributed by atoms with E-state index in [0.29, 0.717) is 6.04 Å². The van der Waals surface area contributed by atoms with Crippen LogP contribution in [0.15, 0.2) is 12.1 Å². The first-order valence-electron chi connectivity index (χ1n) is 5.91. The molecule has 0 amide bonds. The summed E-state index contributed by atoms with van der Waals surface area (Å²) in [7, 11) is 0. The molecule has 1 nitrogen and oxygen atoms in total. The molecule has 1 heteroatoms. The van der Waals surface area contributed by atoms with E-state index >= 15 is 0 Å². The average molecular weight is 203 g/mol. The number of aryl methyl sites for hydroxylation is 2. The van der Waals surface area contributed by atoms with E-state index in [-0.39, 0.29) is 0 Å². The lowest BCUT2D eigenvalue weighted by atomic mass is 9.94. The number of nitrogens with zero attached hydrogens (tertiary/aromatic N) is 1. The van der Waals surface area contributed by atoms with Crippen LogP contribution in [-0.2, 0) is 13.0 Å². The van der Waals surface area contributed by atoms with Crippen LogP contribution < -0.4 is 0 Å². The Morgan fingerprint density at radius 2 is 1.67 bits per heavy atom. The first-order valence-corrected chi connectivity index (χ1v) is 5.91. The number of hydrogen-bond acceptors (Lipinski definition) is 1. The highest BCUT2D eigenvalue weighted by molar-refractivity contribution is 5.38. The largest absolute Gasteiger partial charge is 0.296 e. The monoisotopic (exact) mass is 203 g/mol. The third-order valence-electron chi connectivity index (χ3n) is 3.59. The summed E-state index contributed by atoms with van der Waals surface area (Å²) in [5.41, 5.74) is 5.97. The van der Waals surface area contributed by atoms with Gasteiger partial charge in [-0.05, 0) is 56.4 Å². The van der Waals surface area contributed by atoms with Crippen molar-refractivity contribution in [2.45, 2.75) is 46.7 Å². The molecular formula is C14H21N. The van der Waals surface area contributed by atoms with Gasteiger partial charge in [0.15, 0.2) is 0 Å². The van der Waals surface area contributed by atoms with Gasteiger partial charge >= 0.3 is 0 Å². The fourth-order valence-corrected chi connectivity index (χ4v) is 2.32. The third kappa shape index (κ3) is 2.07. The Morgan fingerprint density at radius 1 is 1.07 bits per heavy atom. The summed E-state index contributed by atoms with van der Waals surface area (Å²) in [5, 5.41) is 0. The van der Waals surface area contributed by atoms with Crippen molar-refractivity contribution in [2.75, 3.05) is 6.54 Å². The fourth-order valence-electron chi connectivity index (χ4n) is 2.32. The molecule has 0 unspecified atom stereocenters. The highest BCUT2D eigenvalue weighted by Crippen LogP contribution is 2.23. The Balaban J connectivity index is 2.30. The van der Waals surface area contributed by atoms with Gasteiger partial charge < -0.3 is 0 Å². The standard InChI is InChI=1S/C14H21N/c1-10(2)15-6-5-13-7-11(3)12(4)8-14(13)9-15/h7-8,10H,5-6,9H2,1-4H3. The second kappa shape index (κ2) is 3.97. The van der Waals surface area contributed by atoms with Gasteiger partial charge in [-0.2, -0.15) is 0 Å². The van der Waals surface area contributed by atoms with Crippen LogP contribution in [0.3, 0.4) is 0 Å². The van der Waals surface area contributed by atoms with Crippen LogP contribution in [0.4, 0.5) is 0 Å². The van der Waals surface area contributed by atoms with Crippen molar-refractivity contribution in [1.82, 2.24) is 4.90 Å². The topological polar surface area (TPSA) is 3.24 Å². The van der Waals surface area contributed by atoms with Crippen molar-refractivity contribution in [1.29, 1.82) is 0 Å². The molecule has 0 N–H and O–H groups in total. The van der Waals surface area contributed by atoms with E-state index in [0.717, 1.165) is 6.54 Å². The molecule has 1 aromatic carbocycles. The maximum Gasteiger partial charge on any atom is 0.0239 e. The maximum atomic E-state index is 2.55. The molecule has 0 aliphatic carbocycles. The molecule has 0 spiro atoms. The predicted octanol–water partition coefficient (Wildman–Crippen LogP) is 3.07. The number of fused-ring (bicyclic) bond motifs is 1. The van der Waals surface area contributed by atoms with Crippen LogP contribution in [0.25, 0.3) is 0 Å². The van der Waals surface area contributed by atoms with Crippen LogP contribution in [0, 0.1) is 13.8 Å². The molecule has 0 bridgehead atoms. The minimum atomic E-state index is 0.666. The quantitative estimate of drug-likeness (QED) is 0.678. The van der Waals surface area contributed by atoms with Gasteiger partial charge in [0.1, 0.15) is 0 Å². The van der Waals surface area contributed by atoms with Crippen molar-refractivity contribution in [2.24, 2.45) is 0 Å². The van der Waals surface area contributed by atoms with E-state index < -0.39 is 0 Å². The minimum absolute atomic E-state index is 0.666. The highest BCUT2D eigenvalue weighted by Gasteiger charge is 2.18. The van der Waals surface area contributed by atoms with Crippen LogP contribution in [-0.4, -0.2) is 17.5 Å². The summed E-state index contributed by atoms with van der Waals surface area (Å²) in [6.45, 7) is 11.3. The number of rotatable bonds is 1. The Bertz CT molecular complexity index is 366. The van der Waals surface area contributed by atoms with Gasteiger partial charge in [-0.15, -0.1) is 0 Å². The fraction of sp³-hybridized carbons (Fsp3) is 0.571. The lowest BCUT2D eigenvalue weighted by Crippen LogP contribution is -2.35. The molecule has 1 aromatic rings. The van der Waals surface area contributed by atoms with Crippen molar-refractivity contribution in [3.8, 4) is 0 Å². The van der Waals surface area contributed by atoms with Crippen LogP contribution >= 0.6 is 0 Å². The molecule has 1 aliphatic heterocycles. The average Bonchev–Trinajstić information content (AvgIpc) is 2.19. The molecule has 0 fully saturated rings. The molecule has 82 valence electrons. The van der Waals surface area contributed by atoms with Gasteiger partial charge in [0, 0.05) is 19.1 Å². The van der Waals surface area contributed by atoms with Crippen molar-refractivity contribution in [3.63, 3.8) is 0 Å². The minimum Gasteiger partial charge on any atom is -0.296 e. The molecule has 0 saturated heterocycles. The van der Waals surface area contributed by atoms with Gasteiger partial charge in [-0.3, -0.25) is 4.90 Å². The van der Waals surface area contributed by atoms with Crippen molar-refractivity contribution in [3.05, 3.63) is 34.4 Å². The van der Waals surface area contributed by atoms with E-state index in [1.165, 1.54) is 29.7 Å². The van der Waals surface area contributed by atoms with E-state index in [1.54, 1.807) is 5.56 Å². The smallest absolute Gasteiger partial charge is 0.0239 e. The summed E-state index contributed by atoms with van der Waals surface area (Å²) in [6, 6.07) is 5.42. The Kier molecular flexibility index (Phi) is 2.83. The SMILES string of the molecule is Cc1cc2c(cc1C)CN(C(C)C)CC2. The molecule has 1 heterocycles. The van der Waals surface area contributed by atoms with Gasteiger partial charge in [0.25, 0.3) is 0 Å². The van der Waals surface area contributed by atoms with Gasteiger partial charge in [0.05, 0.1) is 0 Å². The van der Waals surface area contributed by atoms with E-state index in [2.05, 4.69) is 44.7 Å². The van der Waals surface area contributed by atoms with Crippen molar-refractivity contribution >= 4 is 0 Å². The van der Waals surface area contributed by atoms with Gasteiger partial charge in [-0.25, -0.2) is 0 Å². The summed E-state index contributed by atoms with van der Waals surface area (Å²) in [4.78, 5) is 2.55. The summed E-state index contributed by atoms with van der Waals surface area (Å²) in [5.74, 6) is 0. The molecule has 15 heavy (non-hydrogen) atoms. The van der Waals surface area contributed by atoms with Gasteiger partial charge in [-0.1, -0.05) is 12.1 Å². The molecule has 0 aromatic heterocycles. The summed E-state index contributed by atoms with van der Waals surface area (Å²) >= 11 is 0. The highest BCUT2D eigenvalue weighted by atomic mass is 15.1. The normalized spacial score (nSPS) is 16.9. The van der Waals surface area contributed by atoms with E-state index in [9.17, 15) is 0 Å². The van der Waals surface area contributed by atoms with Gasteiger partial charge in [0.2, 0.25) is 0 Å². The molecular weight excluding hydrogens is 182 g/mol. The molecule has 1 aliphatic rings. The molecule has 0 atom stereocenters. The van der Waals surface area contributed by atoms with E-state index in [4.69, 9.17) is 0 Å². The van der Waals surface area contributed by atoms with Crippen LogP contribution in [0.1, 0.15) is 36.1 Å². The lowest BCUT2D eigenvalue weighted by molar-refractivity contribution is 0.203. The van der Waals surface area contributed by atoms with Crippen LogP contribution in [0.2, 0.25) is 0 Å². The predicted molar refractivity (Wildman–Crippen MR) is 65.2 cm³/mol. The molecule has 0 saturated carbocycles. The number of benzene rings is 1. The Morgan fingerprint density at radius 3 is 2.27 bits per heavy atom. The zero-order chi connectivity index (χ0) is 11.0. The zero-order valence-electron chi connectivity index (χ0n) is 10.3. The Hall–Kier alpha value is -0.820. The first-order chi connectivity index (χ1) is 7.08. The third-order valence-corrected chi connectivity index (χ3v) is 3.59. The number of hydrogen-bond donors (Lipinski definition) is 0. The Labute approximate surface area is 93.1 Å². The summed E-state index contributed by atoms with van der Waals surface area (Å²) in [6.07, 6.45) is 1.22. The molecule has 2 rings (SSSR count). The summed E-state index contributed by atoms with van der Waals surface area (Å²) < 4.78 is 0. The van der Waals surface area contributed by atoms with E-state index in [1.807, 2.05) is 0 Å². The lowest BCUT2D eigenvalue weighted by Gasteiger charge is -2.32. The zero-order valence-corrected chi connectivity index (χ0v) is 10.3. The second-order valence-electron chi connectivity index (χ2n) is 5.02. The maximum absolute atomic E-state index is 2.55. The second-order valence-corrected chi connectivity index (χ2v) is 5.02. The first kappa shape index (κ1) is 10.7.